The molecule has 0 heterocycles. The van der Waals surface area contributed by atoms with Crippen molar-refractivity contribution in [3.8, 4) is 22.6 Å². The lowest BCUT2D eigenvalue weighted by atomic mass is 9.60. The van der Waals surface area contributed by atoms with Crippen molar-refractivity contribution in [3.63, 3.8) is 0 Å². The van der Waals surface area contributed by atoms with E-state index in [0.29, 0.717) is 11.3 Å². The summed E-state index contributed by atoms with van der Waals surface area (Å²) in [6.45, 7) is 0. The number of alkyl halides is 3. The number of carbonyl (C=O) groups excluding carboxylic acids is 3. The maximum absolute atomic E-state index is 13.9. The lowest BCUT2D eigenvalue weighted by molar-refractivity contribution is -0.274. The molecule has 0 aliphatic heterocycles. The van der Waals surface area contributed by atoms with E-state index in [1.807, 2.05) is 0 Å². The van der Waals surface area contributed by atoms with Crippen LogP contribution in [0.25, 0.3) is 11.1 Å². The number of aromatic hydroxyl groups is 1. The van der Waals surface area contributed by atoms with Crippen molar-refractivity contribution < 1.29 is 52.7 Å². The van der Waals surface area contributed by atoms with Crippen molar-refractivity contribution >= 4 is 23.2 Å². The fourth-order valence-electron chi connectivity index (χ4n) is 6.12. The number of rotatable bonds is 4. The first kappa shape index (κ1) is 28.0. The predicted molar refractivity (Wildman–Crippen MR) is 137 cm³/mol. The van der Waals surface area contributed by atoms with Crippen LogP contribution in [0.2, 0.25) is 0 Å². The first-order valence-corrected chi connectivity index (χ1v) is 12.5. The molecule has 216 valence electrons. The number of primary amides is 1. The molecule has 5 rings (SSSR count). The van der Waals surface area contributed by atoms with Crippen molar-refractivity contribution in [2.45, 2.75) is 31.2 Å². The Balaban J connectivity index is 1.66. The van der Waals surface area contributed by atoms with Crippen LogP contribution < -0.4 is 15.4 Å². The van der Waals surface area contributed by atoms with Gasteiger partial charge in [-0.25, -0.2) is 0 Å². The molecular weight excluding hydrogens is 549 g/mol. The monoisotopic (exact) mass is 574 g/mol. The zero-order valence-electron chi connectivity index (χ0n) is 21.7. The van der Waals surface area contributed by atoms with Crippen LogP contribution in [-0.2, 0) is 16.0 Å². The molecule has 2 aromatic carbocycles. The summed E-state index contributed by atoms with van der Waals surface area (Å²) in [5, 5.41) is 44.2. The molecule has 3 atom stereocenters. The Morgan fingerprint density at radius 1 is 1.10 bits per heavy atom. The zero-order chi connectivity index (χ0) is 30.2. The van der Waals surface area contributed by atoms with E-state index in [4.69, 9.17) is 5.73 Å². The van der Waals surface area contributed by atoms with Gasteiger partial charge < -0.3 is 35.8 Å². The minimum atomic E-state index is -4.90. The fourth-order valence-corrected chi connectivity index (χ4v) is 6.12. The fraction of sp³-hybridized carbons (Fsp3) is 0.321. The van der Waals surface area contributed by atoms with E-state index < -0.39 is 69.9 Å². The molecule has 0 saturated heterocycles. The second kappa shape index (κ2) is 9.26. The van der Waals surface area contributed by atoms with Gasteiger partial charge in [0.1, 0.15) is 28.6 Å². The number of phenolic OH excluding ortho intramolecular Hbond substituents is 1. The number of nitrogens with two attached hydrogens (primary N) is 1. The molecule has 10 nitrogen and oxygen atoms in total. The number of aliphatic hydroxyl groups is 3. The van der Waals surface area contributed by atoms with Crippen LogP contribution in [0.1, 0.15) is 28.8 Å². The lowest BCUT2D eigenvalue weighted by Gasteiger charge is -2.46. The van der Waals surface area contributed by atoms with E-state index in [1.54, 1.807) is 25.1 Å². The van der Waals surface area contributed by atoms with Gasteiger partial charge in [0.15, 0.2) is 11.4 Å². The summed E-state index contributed by atoms with van der Waals surface area (Å²) >= 11 is 0. The van der Waals surface area contributed by atoms with E-state index in [1.165, 1.54) is 12.1 Å². The number of ether oxygens (including phenoxy) is 1. The Kier molecular flexibility index (Phi) is 6.33. The number of carbonyl (C=O) groups is 3. The number of ketones is 2. The second-order valence-corrected chi connectivity index (χ2v) is 10.5. The highest BCUT2D eigenvalue weighted by Crippen LogP contribution is 2.53. The molecule has 0 unspecified atom stereocenters. The molecular formula is C28H25F3N2O8. The molecule has 3 aliphatic carbocycles. The number of anilines is 1. The summed E-state index contributed by atoms with van der Waals surface area (Å²) < 4.78 is 41.7. The second-order valence-electron chi connectivity index (χ2n) is 10.5. The van der Waals surface area contributed by atoms with E-state index in [-0.39, 0.29) is 41.5 Å². The number of Topliss-reactive ketones (excluding diaryl/α,β-unsaturated/α-hetero) is 2. The van der Waals surface area contributed by atoms with Crippen LogP contribution in [-0.4, -0.2) is 64.0 Å². The summed E-state index contributed by atoms with van der Waals surface area (Å²) in [7, 11) is 3.38. The number of phenols is 1. The molecule has 0 bridgehead atoms. The molecule has 0 fully saturated rings. The number of hydrogen-bond acceptors (Lipinski definition) is 9. The number of benzene rings is 2. The normalized spacial score (nSPS) is 24.0. The average Bonchev–Trinajstić information content (AvgIpc) is 2.85. The number of nitrogens with zero attached hydrogens (tertiary/aromatic N) is 1. The van der Waals surface area contributed by atoms with Gasteiger partial charge in [-0.05, 0) is 48.1 Å². The van der Waals surface area contributed by atoms with Gasteiger partial charge in [0.05, 0.1) is 5.56 Å². The summed E-state index contributed by atoms with van der Waals surface area (Å²) in [5.41, 5.74) is 2.42. The molecule has 41 heavy (non-hydrogen) atoms. The minimum absolute atomic E-state index is 0.0149. The minimum Gasteiger partial charge on any atom is -0.511 e. The molecule has 1 amide bonds. The van der Waals surface area contributed by atoms with Gasteiger partial charge in [0.25, 0.3) is 5.91 Å². The van der Waals surface area contributed by atoms with Gasteiger partial charge in [-0.15, -0.1) is 13.2 Å². The van der Waals surface area contributed by atoms with Crippen LogP contribution >= 0.6 is 0 Å². The number of fused-ring (bicyclic) bond motifs is 3. The topological polar surface area (TPSA) is 171 Å². The van der Waals surface area contributed by atoms with Crippen LogP contribution in [0.15, 0.2) is 53.0 Å². The van der Waals surface area contributed by atoms with Crippen molar-refractivity contribution in [1.29, 1.82) is 0 Å². The quantitative estimate of drug-likeness (QED) is 0.344. The smallest absolute Gasteiger partial charge is 0.511 e. The number of allylic oxidation sites excluding steroid dienone is 2. The molecule has 6 N–H and O–H groups in total. The Hall–Kier alpha value is -4.52. The van der Waals surface area contributed by atoms with Crippen LogP contribution in [0.4, 0.5) is 18.9 Å². The third kappa shape index (κ3) is 4.27. The number of halogens is 3. The number of hydrogen-bond donors (Lipinski definition) is 5. The highest BCUT2D eigenvalue weighted by atomic mass is 19.4. The first-order valence-electron chi connectivity index (χ1n) is 12.5. The summed E-state index contributed by atoms with van der Waals surface area (Å²) in [4.78, 5) is 40.6. The van der Waals surface area contributed by atoms with E-state index in [9.17, 15) is 48.0 Å². The number of amides is 1. The van der Waals surface area contributed by atoms with Crippen LogP contribution in [0, 0.1) is 11.8 Å². The third-order valence-corrected chi connectivity index (χ3v) is 7.92. The molecule has 0 spiro atoms. The Morgan fingerprint density at radius 2 is 1.73 bits per heavy atom. The maximum atomic E-state index is 13.9. The molecule has 0 aromatic heterocycles. The molecule has 13 heteroatoms. The van der Waals surface area contributed by atoms with Crippen molar-refractivity contribution in [3.05, 3.63) is 64.1 Å². The van der Waals surface area contributed by atoms with E-state index in [0.717, 1.165) is 12.1 Å². The van der Waals surface area contributed by atoms with Crippen LogP contribution in [0.5, 0.6) is 11.5 Å². The summed E-state index contributed by atoms with van der Waals surface area (Å²) in [6.07, 6.45) is -5.15. The molecule has 0 saturated carbocycles. The van der Waals surface area contributed by atoms with Gasteiger partial charge in [-0.2, -0.15) is 0 Å². The predicted octanol–water partition coefficient (Wildman–Crippen LogP) is 3.21. The molecule has 0 radical (unpaired) electrons. The third-order valence-electron chi connectivity index (χ3n) is 7.92. The van der Waals surface area contributed by atoms with Crippen molar-refractivity contribution in [1.82, 2.24) is 0 Å². The standard InChI is InChI=1S/C28H25F3N2O8/c1-33(2)17-10-15(11-3-5-14(6-4-11)41-28(29,30)31)22(35)20-16(17)8-12-7-13-9-18(34)21(26(32)39)25(38)27(13,40)24(37)19(12)23(20)36/h3-6,10,12-13,34-35,37,40H,7-9H2,1-2H3,(H2,32,39)/t12-,13+,27+/m1/s1. The average molecular weight is 575 g/mol. The Bertz CT molecular complexity index is 1580. The SMILES string of the molecule is CN(C)c1cc(-c2ccc(OC(F)(F)F)cc2)c(O)c2c1C[C@H]1C[C@H]3CC(O)=C(C(N)=O)C(=O)[C@@]3(O)C(O)=C1C2=O. The van der Waals surface area contributed by atoms with Gasteiger partial charge >= 0.3 is 6.36 Å². The van der Waals surface area contributed by atoms with Crippen LogP contribution in [0.3, 0.4) is 0 Å². The van der Waals surface area contributed by atoms with Gasteiger partial charge in [0.2, 0.25) is 5.78 Å². The Morgan fingerprint density at radius 3 is 2.29 bits per heavy atom. The largest absolute Gasteiger partial charge is 0.573 e. The highest BCUT2D eigenvalue weighted by Gasteiger charge is 2.59. The van der Waals surface area contributed by atoms with Gasteiger partial charge in [0, 0.05) is 43.3 Å². The van der Waals surface area contributed by atoms with E-state index in [2.05, 4.69) is 4.74 Å². The van der Waals surface area contributed by atoms with E-state index >= 15 is 0 Å². The highest BCUT2D eigenvalue weighted by molar-refractivity contribution is 6.24. The Labute approximate surface area is 230 Å². The van der Waals surface area contributed by atoms with Gasteiger partial charge in [-0.3, -0.25) is 14.4 Å². The van der Waals surface area contributed by atoms with Crippen molar-refractivity contribution in [2.24, 2.45) is 17.6 Å². The lowest BCUT2D eigenvalue weighted by Crippen LogP contribution is -2.57. The van der Waals surface area contributed by atoms with Crippen molar-refractivity contribution in [2.75, 3.05) is 19.0 Å². The summed E-state index contributed by atoms with van der Waals surface area (Å²) in [6, 6.07) is 6.22. The molecule has 2 aromatic rings. The summed E-state index contributed by atoms with van der Waals surface area (Å²) in [5.74, 6) is -7.86. The number of aliphatic hydroxyl groups excluding tert-OH is 2. The molecule has 3 aliphatic rings. The maximum Gasteiger partial charge on any atom is 0.573 e. The first-order chi connectivity index (χ1) is 19.1. The van der Waals surface area contributed by atoms with Gasteiger partial charge in [-0.1, -0.05) is 12.1 Å². The zero-order valence-corrected chi connectivity index (χ0v) is 21.7.